The van der Waals surface area contributed by atoms with Crippen LogP contribution in [0, 0.1) is 0 Å². The van der Waals surface area contributed by atoms with Gasteiger partial charge in [0, 0.05) is 6.92 Å². The minimum absolute atomic E-state index is 0.833. The van der Waals surface area contributed by atoms with Gasteiger partial charge in [-0.15, -0.1) is 6.58 Å². The molecule has 0 heterocycles. The average molecular weight is 130 g/mol. The van der Waals surface area contributed by atoms with Crippen molar-refractivity contribution in [2.24, 2.45) is 0 Å². The minimum Gasteiger partial charge on any atom is -0.481 e. The smallest absolute Gasteiger partial charge is 0.300 e. The first-order valence-electron chi connectivity index (χ1n) is 2.95. The summed E-state index contributed by atoms with van der Waals surface area (Å²) in [5, 5.41) is 7.42. The number of carbonyl (C=O) groups is 1. The fraction of sp³-hybridized carbons (Fsp3) is 0.571. The van der Waals surface area contributed by atoms with Gasteiger partial charge in [-0.2, -0.15) is 0 Å². The van der Waals surface area contributed by atoms with Crippen molar-refractivity contribution >= 4 is 5.97 Å². The zero-order chi connectivity index (χ0) is 7.70. The standard InChI is InChI=1S/C5H10.C2H4O2/c1-3-5-4-2;1-2(3)4/h3H,1,4-5H2,2H3;1H3,(H,3,4). The summed E-state index contributed by atoms with van der Waals surface area (Å²) in [4.78, 5) is 9.00. The van der Waals surface area contributed by atoms with E-state index in [1.807, 2.05) is 6.08 Å². The van der Waals surface area contributed by atoms with Gasteiger partial charge in [0.1, 0.15) is 0 Å². The Hall–Kier alpha value is -0.790. The first kappa shape index (κ1) is 11.1. The maximum atomic E-state index is 9.00. The molecular formula is C7H14O2. The van der Waals surface area contributed by atoms with Crippen LogP contribution in [-0.2, 0) is 4.79 Å². The van der Waals surface area contributed by atoms with Gasteiger partial charge in [0.25, 0.3) is 5.97 Å². The molecule has 1 N–H and O–H groups in total. The van der Waals surface area contributed by atoms with Crippen LogP contribution < -0.4 is 0 Å². The molecule has 0 aromatic rings. The largest absolute Gasteiger partial charge is 0.481 e. The quantitative estimate of drug-likeness (QED) is 0.581. The van der Waals surface area contributed by atoms with Gasteiger partial charge in [0.05, 0.1) is 0 Å². The van der Waals surface area contributed by atoms with Crippen molar-refractivity contribution in [3.8, 4) is 0 Å². The summed E-state index contributed by atoms with van der Waals surface area (Å²) < 4.78 is 0. The molecule has 0 spiro atoms. The summed E-state index contributed by atoms with van der Waals surface area (Å²) in [5.74, 6) is -0.833. The van der Waals surface area contributed by atoms with E-state index in [0.717, 1.165) is 13.3 Å². The van der Waals surface area contributed by atoms with E-state index in [9.17, 15) is 0 Å². The number of aliphatic carboxylic acids is 1. The first-order chi connectivity index (χ1) is 4.15. The molecule has 0 aliphatic heterocycles. The number of hydrogen-bond acceptors (Lipinski definition) is 1. The van der Waals surface area contributed by atoms with Crippen LogP contribution in [0.1, 0.15) is 26.7 Å². The van der Waals surface area contributed by atoms with Crippen LogP contribution in [0.15, 0.2) is 12.7 Å². The Kier molecular flexibility index (Phi) is 12.6. The lowest BCUT2D eigenvalue weighted by molar-refractivity contribution is -0.134. The Morgan fingerprint density at radius 3 is 2.11 bits per heavy atom. The van der Waals surface area contributed by atoms with Gasteiger partial charge in [0.2, 0.25) is 0 Å². The van der Waals surface area contributed by atoms with Crippen molar-refractivity contribution in [2.75, 3.05) is 0 Å². The highest BCUT2D eigenvalue weighted by atomic mass is 16.4. The van der Waals surface area contributed by atoms with Crippen molar-refractivity contribution in [3.05, 3.63) is 12.7 Å². The summed E-state index contributed by atoms with van der Waals surface area (Å²) in [6, 6.07) is 0. The number of hydrogen-bond donors (Lipinski definition) is 1. The van der Waals surface area contributed by atoms with Crippen molar-refractivity contribution in [3.63, 3.8) is 0 Å². The third-order valence-electron chi connectivity index (χ3n) is 0.493. The Labute approximate surface area is 56.2 Å². The highest BCUT2D eigenvalue weighted by Crippen LogP contribution is 1.82. The Morgan fingerprint density at radius 2 is 2.11 bits per heavy atom. The summed E-state index contributed by atoms with van der Waals surface area (Å²) in [6.07, 6.45) is 4.31. The number of carboxylic acids is 1. The first-order valence-corrected chi connectivity index (χ1v) is 2.95. The number of allylic oxidation sites excluding steroid dienone is 1. The average Bonchev–Trinajstić information content (AvgIpc) is 1.66. The van der Waals surface area contributed by atoms with Gasteiger partial charge in [-0.1, -0.05) is 19.4 Å². The molecule has 0 fully saturated rings. The van der Waals surface area contributed by atoms with E-state index in [1.54, 1.807) is 0 Å². The van der Waals surface area contributed by atoms with Crippen molar-refractivity contribution in [2.45, 2.75) is 26.7 Å². The molecule has 0 aliphatic carbocycles. The molecule has 0 rings (SSSR count). The third-order valence-corrected chi connectivity index (χ3v) is 0.493. The lowest BCUT2D eigenvalue weighted by Gasteiger charge is -1.72. The number of carboxylic acid groups (broad SMARTS) is 1. The molecule has 0 amide bonds. The Balaban J connectivity index is 0. The van der Waals surface area contributed by atoms with E-state index in [1.165, 1.54) is 6.42 Å². The zero-order valence-corrected chi connectivity index (χ0v) is 6.05. The molecule has 0 aliphatic rings. The predicted octanol–water partition coefficient (Wildman–Crippen LogP) is 2.06. The molecule has 9 heavy (non-hydrogen) atoms. The molecule has 0 unspecified atom stereocenters. The molecule has 0 radical (unpaired) electrons. The van der Waals surface area contributed by atoms with Crippen molar-refractivity contribution in [1.82, 2.24) is 0 Å². The SMILES string of the molecule is C=CCCC.CC(=O)O. The van der Waals surface area contributed by atoms with Crippen LogP contribution in [0.25, 0.3) is 0 Å². The molecule has 0 atom stereocenters. The van der Waals surface area contributed by atoms with Crippen LogP contribution in [0.5, 0.6) is 0 Å². The molecular weight excluding hydrogens is 116 g/mol. The molecule has 0 bridgehead atoms. The molecule has 2 nitrogen and oxygen atoms in total. The van der Waals surface area contributed by atoms with Crippen LogP contribution in [-0.4, -0.2) is 11.1 Å². The second-order valence-electron chi connectivity index (χ2n) is 1.60. The van der Waals surface area contributed by atoms with Gasteiger partial charge >= 0.3 is 0 Å². The zero-order valence-electron chi connectivity index (χ0n) is 6.05. The van der Waals surface area contributed by atoms with Crippen molar-refractivity contribution < 1.29 is 9.90 Å². The molecule has 0 saturated carbocycles. The second-order valence-corrected chi connectivity index (χ2v) is 1.60. The highest BCUT2D eigenvalue weighted by molar-refractivity contribution is 5.62. The van der Waals surface area contributed by atoms with Crippen LogP contribution in [0.3, 0.4) is 0 Å². The normalized spacial score (nSPS) is 6.89. The van der Waals surface area contributed by atoms with Crippen LogP contribution in [0.2, 0.25) is 0 Å². The van der Waals surface area contributed by atoms with E-state index in [4.69, 9.17) is 9.90 Å². The lowest BCUT2D eigenvalue weighted by Crippen LogP contribution is -1.78. The maximum absolute atomic E-state index is 9.00. The van der Waals surface area contributed by atoms with Gasteiger partial charge in [-0.3, -0.25) is 4.79 Å². The van der Waals surface area contributed by atoms with Gasteiger partial charge < -0.3 is 5.11 Å². The lowest BCUT2D eigenvalue weighted by atomic mass is 10.3. The summed E-state index contributed by atoms with van der Waals surface area (Å²) in [5.41, 5.74) is 0. The maximum Gasteiger partial charge on any atom is 0.300 e. The fourth-order valence-corrected chi connectivity index (χ4v) is 0.204. The summed E-state index contributed by atoms with van der Waals surface area (Å²) >= 11 is 0. The molecule has 0 aromatic carbocycles. The van der Waals surface area contributed by atoms with E-state index in [-0.39, 0.29) is 0 Å². The summed E-state index contributed by atoms with van der Waals surface area (Å²) in [7, 11) is 0. The number of rotatable bonds is 2. The van der Waals surface area contributed by atoms with E-state index in [2.05, 4.69) is 13.5 Å². The van der Waals surface area contributed by atoms with E-state index in [0.29, 0.717) is 0 Å². The van der Waals surface area contributed by atoms with Gasteiger partial charge in [0.15, 0.2) is 0 Å². The van der Waals surface area contributed by atoms with E-state index >= 15 is 0 Å². The number of unbranched alkanes of at least 4 members (excludes halogenated alkanes) is 1. The fourth-order valence-electron chi connectivity index (χ4n) is 0.204. The van der Waals surface area contributed by atoms with Crippen LogP contribution in [0.4, 0.5) is 0 Å². The topological polar surface area (TPSA) is 37.3 Å². The minimum atomic E-state index is -0.833. The monoisotopic (exact) mass is 130 g/mol. The third kappa shape index (κ3) is 134. The van der Waals surface area contributed by atoms with E-state index < -0.39 is 5.97 Å². The highest BCUT2D eigenvalue weighted by Gasteiger charge is 1.65. The summed E-state index contributed by atoms with van der Waals surface area (Å²) in [6.45, 7) is 6.77. The van der Waals surface area contributed by atoms with Gasteiger partial charge in [-0.25, -0.2) is 0 Å². The van der Waals surface area contributed by atoms with Crippen LogP contribution >= 0.6 is 0 Å². The second kappa shape index (κ2) is 10.2. The molecule has 0 aromatic heterocycles. The predicted molar refractivity (Wildman–Crippen MR) is 38.4 cm³/mol. The molecule has 54 valence electrons. The Morgan fingerprint density at radius 1 is 1.78 bits per heavy atom. The molecule has 0 saturated heterocycles. The van der Waals surface area contributed by atoms with Crippen molar-refractivity contribution in [1.29, 1.82) is 0 Å². The van der Waals surface area contributed by atoms with Gasteiger partial charge in [-0.05, 0) is 6.42 Å². The molecule has 2 heteroatoms. The Bertz CT molecular complexity index is 73.0.